The second-order valence-electron chi connectivity index (χ2n) is 6.39. The average Bonchev–Trinajstić information content (AvgIpc) is 2.70. The van der Waals surface area contributed by atoms with Gasteiger partial charge in [-0.2, -0.15) is 0 Å². The number of carbonyl (C=O) groups is 1. The molecule has 0 aromatic heterocycles. The van der Waals surface area contributed by atoms with Gasteiger partial charge in [0.2, 0.25) is 0 Å². The van der Waals surface area contributed by atoms with E-state index in [0.29, 0.717) is 16.2 Å². The van der Waals surface area contributed by atoms with Crippen LogP contribution in [0.15, 0.2) is 12.2 Å². The van der Waals surface area contributed by atoms with E-state index >= 15 is 0 Å². The molecule has 2 unspecified atom stereocenters. The van der Waals surface area contributed by atoms with Gasteiger partial charge in [-0.05, 0) is 48.5 Å². The van der Waals surface area contributed by atoms with Gasteiger partial charge in [0.05, 0.1) is 0 Å². The van der Waals surface area contributed by atoms with Crippen LogP contribution in [0.5, 0.6) is 0 Å². The minimum absolute atomic E-state index is 0.181. The fourth-order valence-electron chi connectivity index (χ4n) is 3.83. The highest BCUT2D eigenvalue weighted by molar-refractivity contribution is 5.87. The standard InChI is InChI=1S/C14H22O/c1-11(15)6-9-14-10-13(14,4)8-5-7-12(14,2)3/h6,9H,5,7-8,10H2,1-4H3/b9-6+. The van der Waals surface area contributed by atoms with E-state index in [4.69, 9.17) is 0 Å². The first-order valence-corrected chi connectivity index (χ1v) is 6.03. The van der Waals surface area contributed by atoms with E-state index in [-0.39, 0.29) is 5.78 Å². The van der Waals surface area contributed by atoms with Crippen LogP contribution in [-0.2, 0) is 4.79 Å². The van der Waals surface area contributed by atoms with Crippen molar-refractivity contribution in [3.63, 3.8) is 0 Å². The van der Waals surface area contributed by atoms with Gasteiger partial charge in [0.25, 0.3) is 0 Å². The van der Waals surface area contributed by atoms with E-state index in [2.05, 4.69) is 26.8 Å². The van der Waals surface area contributed by atoms with E-state index in [1.807, 2.05) is 0 Å². The molecule has 0 saturated heterocycles. The highest BCUT2D eigenvalue weighted by Crippen LogP contribution is 2.78. The molecule has 84 valence electrons. The lowest BCUT2D eigenvalue weighted by Crippen LogP contribution is -2.32. The van der Waals surface area contributed by atoms with Crippen molar-refractivity contribution in [2.75, 3.05) is 0 Å². The largest absolute Gasteiger partial charge is 0.295 e. The number of ketones is 1. The molecule has 2 atom stereocenters. The summed E-state index contributed by atoms with van der Waals surface area (Å²) in [5.41, 5.74) is 1.15. The summed E-state index contributed by atoms with van der Waals surface area (Å²) in [6, 6.07) is 0. The quantitative estimate of drug-likeness (QED) is 0.629. The molecule has 15 heavy (non-hydrogen) atoms. The lowest BCUT2D eigenvalue weighted by Gasteiger charge is -2.41. The summed E-state index contributed by atoms with van der Waals surface area (Å²) in [7, 11) is 0. The third-order valence-corrected chi connectivity index (χ3v) is 4.96. The molecule has 2 fully saturated rings. The molecular formula is C14H22O. The lowest BCUT2D eigenvalue weighted by atomic mass is 9.63. The predicted molar refractivity (Wildman–Crippen MR) is 62.6 cm³/mol. The van der Waals surface area contributed by atoms with Crippen LogP contribution in [0, 0.1) is 16.2 Å². The first-order chi connectivity index (χ1) is 6.83. The fourth-order valence-corrected chi connectivity index (χ4v) is 3.83. The highest BCUT2D eigenvalue weighted by atomic mass is 16.1. The minimum Gasteiger partial charge on any atom is -0.295 e. The van der Waals surface area contributed by atoms with Gasteiger partial charge >= 0.3 is 0 Å². The van der Waals surface area contributed by atoms with E-state index in [1.165, 1.54) is 25.7 Å². The number of allylic oxidation sites excluding steroid dienone is 2. The maximum Gasteiger partial charge on any atom is 0.152 e. The van der Waals surface area contributed by atoms with Crippen LogP contribution < -0.4 is 0 Å². The molecule has 0 bridgehead atoms. The Balaban J connectivity index is 2.29. The first kappa shape index (κ1) is 10.9. The molecule has 0 N–H and O–H groups in total. The van der Waals surface area contributed by atoms with E-state index in [0.717, 1.165) is 0 Å². The molecule has 1 nitrogen and oxygen atoms in total. The average molecular weight is 206 g/mol. The van der Waals surface area contributed by atoms with Gasteiger partial charge in [-0.25, -0.2) is 0 Å². The van der Waals surface area contributed by atoms with Gasteiger partial charge in [-0.15, -0.1) is 0 Å². The SMILES string of the molecule is CC(=O)/C=C/C12CC1(C)CCCC2(C)C. The highest BCUT2D eigenvalue weighted by Gasteiger charge is 2.69. The number of carbonyl (C=O) groups excluding carboxylic acids is 1. The number of fused-ring (bicyclic) bond motifs is 1. The Morgan fingerprint density at radius 2 is 1.87 bits per heavy atom. The molecule has 2 aliphatic rings. The van der Waals surface area contributed by atoms with Crippen molar-refractivity contribution in [1.82, 2.24) is 0 Å². The second-order valence-corrected chi connectivity index (χ2v) is 6.39. The van der Waals surface area contributed by atoms with Crippen molar-refractivity contribution in [3.8, 4) is 0 Å². The Morgan fingerprint density at radius 3 is 2.40 bits per heavy atom. The Morgan fingerprint density at radius 1 is 1.20 bits per heavy atom. The molecule has 0 radical (unpaired) electrons. The predicted octanol–water partition coefficient (Wildman–Crippen LogP) is 3.74. The van der Waals surface area contributed by atoms with Gasteiger partial charge in [-0.1, -0.05) is 33.3 Å². The van der Waals surface area contributed by atoms with Crippen LogP contribution in [0.3, 0.4) is 0 Å². The monoisotopic (exact) mass is 206 g/mol. The molecular weight excluding hydrogens is 184 g/mol. The topological polar surface area (TPSA) is 17.1 Å². The molecule has 0 aliphatic heterocycles. The molecule has 0 aromatic rings. The fraction of sp³-hybridized carbons (Fsp3) is 0.786. The maximum absolute atomic E-state index is 11.1. The van der Waals surface area contributed by atoms with Crippen molar-refractivity contribution in [3.05, 3.63) is 12.2 Å². The Bertz CT molecular complexity index is 326. The smallest absolute Gasteiger partial charge is 0.152 e. The molecule has 1 heteroatoms. The summed E-state index contributed by atoms with van der Waals surface area (Å²) in [6.45, 7) is 8.75. The number of hydrogen-bond acceptors (Lipinski definition) is 1. The van der Waals surface area contributed by atoms with Crippen molar-refractivity contribution in [2.45, 2.75) is 53.4 Å². The Hall–Kier alpha value is -0.590. The second kappa shape index (κ2) is 2.96. The molecule has 2 aliphatic carbocycles. The number of hydrogen-bond donors (Lipinski definition) is 0. The zero-order valence-electron chi connectivity index (χ0n) is 10.4. The minimum atomic E-state index is 0.181. The van der Waals surface area contributed by atoms with Crippen LogP contribution in [0.4, 0.5) is 0 Å². The summed E-state index contributed by atoms with van der Waals surface area (Å²) in [6.07, 6.45) is 9.26. The first-order valence-electron chi connectivity index (χ1n) is 6.03. The summed E-state index contributed by atoms with van der Waals surface area (Å²) < 4.78 is 0. The van der Waals surface area contributed by atoms with Crippen molar-refractivity contribution in [1.29, 1.82) is 0 Å². The molecule has 0 heterocycles. The zero-order valence-corrected chi connectivity index (χ0v) is 10.4. The lowest BCUT2D eigenvalue weighted by molar-refractivity contribution is -0.112. The normalized spacial score (nSPS) is 42.7. The van der Waals surface area contributed by atoms with Crippen LogP contribution in [0.2, 0.25) is 0 Å². The summed E-state index contributed by atoms with van der Waals surface area (Å²) in [5.74, 6) is 0.181. The summed E-state index contributed by atoms with van der Waals surface area (Å²) in [5, 5.41) is 0. The van der Waals surface area contributed by atoms with Crippen LogP contribution in [-0.4, -0.2) is 5.78 Å². The third-order valence-electron chi connectivity index (χ3n) is 4.96. The van der Waals surface area contributed by atoms with Crippen LogP contribution in [0.25, 0.3) is 0 Å². The van der Waals surface area contributed by atoms with E-state index in [1.54, 1.807) is 13.0 Å². The third kappa shape index (κ3) is 1.39. The molecule has 0 amide bonds. The van der Waals surface area contributed by atoms with Crippen LogP contribution >= 0.6 is 0 Å². The number of rotatable bonds is 2. The Labute approximate surface area is 92.9 Å². The van der Waals surface area contributed by atoms with Gasteiger partial charge in [0.1, 0.15) is 0 Å². The summed E-state index contributed by atoms with van der Waals surface area (Å²) >= 11 is 0. The molecule has 0 spiro atoms. The van der Waals surface area contributed by atoms with Gasteiger partial charge in [-0.3, -0.25) is 4.79 Å². The van der Waals surface area contributed by atoms with Gasteiger partial charge in [0.15, 0.2) is 5.78 Å². The van der Waals surface area contributed by atoms with Crippen molar-refractivity contribution in [2.24, 2.45) is 16.2 Å². The van der Waals surface area contributed by atoms with E-state index < -0.39 is 0 Å². The Kier molecular flexibility index (Phi) is 2.15. The van der Waals surface area contributed by atoms with E-state index in [9.17, 15) is 4.79 Å². The van der Waals surface area contributed by atoms with Crippen molar-refractivity contribution >= 4 is 5.78 Å². The van der Waals surface area contributed by atoms with Gasteiger partial charge < -0.3 is 0 Å². The maximum atomic E-state index is 11.1. The van der Waals surface area contributed by atoms with Crippen molar-refractivity contribution < 1.29 is 4.79 Å². The zero-order chi connectivity index (χ0) is 11.3. The van der Waals surface area contributed by atoms with Gasteiger partial charge in [0, 0.05) is 0 Å². The molecule has 0 aromatic carbocycles. The molecule has 2 saturated carbocycles. The summed E-state index contributed by atoms with van der Waals surface area (Å²) in [4.78, 5) is 11.1. The molecule has 2 rings (SSSR count). The van der Waals surface area contributed by atoms with Crippen LogP contribution in [0.1, 0.15) is 53.4 Å².